The summed E-state index contributed by atoms with van der Waals surface area (Å²) < 4.78 is 14.0. The van der Waals surface area contributed by atoms with E-state index in [2.05, 4.69) is 4.52 Å². The van der Waals surface area contributed by atoms with E-state index in [1.807, 2.05) is 0 Å². The molecule has 4 nitrogen and oxygen atoms in total. The van der Waals surface area contributed by atoms with Gasteiger partial charge in [0.25, 0.3) is 0 Å². The molecule has 0 aromatic carbocycles. The van der Waals surface area contributed by atoms with E-state index in [0.717, 1.165) is 0 Å². The van der Waals surface area contributed by atoms with Gasteiger partial charge in [0.15, 0.2) is 0 Å². The molecular weight excluding hydrogens is 129 g/mol. The first kappa shape index (κ1) is 7.69. The fourth-order valence-corrected chi connectivity index (χ4v) is 0.414. The van der Waals surface area contributed by atoms with Crippen LogP contribution in [-0.4, -0.2) is 11.5 Å². The zero-order chi connectivity index (χ0) is 6.41. The Morgan fingerprint density at radius 2 is 2.50 bits per heavy atom. The first-order valence-corrected chi connectivity index (χ1v) is 3.26. The second kappa shape index (κ2) is 4.84. The molecule has 0 fully saturated rings. The lowest BCUT2D eigenvalue weighted by molar-refractivity contribution is 0.312. The summed E-state index contributed by atoms with van der Waals surface area (Å²) in [6.45, 7) is 0.102. The molecule has 5 heteroatoms. The highest BCUT2D eigenvalue weighted by molar-refractivity contribution is 7.32. The zero-order valence-electron chi connectivity index (χ0n) is 4.20. The summed E-state index contributed by atoms with van der Waals surface area (Å²) in [7, 11) is -2.76. The highest BCUT2D eigenvalue weighted by Gasteiger charge is 1.84. The van der Waals surface area contributed by atoms with Crippen LogP contribution in [0.3, 0.4) is 0 Å². The van der Waals surface area contributed by atoms with Crippen molar-refractivity contribution in [3.63, 3.8) is 0 Å². The lowest BCUT2D eigenvalue weighted by Crippen LogP contribution is -1.82. The van der Waals surface area contributed by atoms with Gasteiger partial charge >= 0.3 is 8.25 Å². The van der Waals surface area contributed by atoms with E-state index in [4.69, 9.17) is 10.6 Å². The maximum absolute atomic E-state index is 9.76. The van der Waals surface area contributed by atoms with Crippen molar-refractivity contribution in [1.29, 1.82) is 0 Å². The Labute approximate surface area is 47.9 Å². The topological polar surface area (TPSA) is 72.5 Å². The van der Waals surface area contributed by atoms with E-state index in [0.29, 0.717) is 0 Å². The summed E-state index contributed by atoms with van der Waals surface area (Å²) in [5.74, 6) is 0. The van der Waals surface area contributed by atoms with Crippen LogP contribution in [0.25, 0.3) is 0 Å². The van der Waals surface area contributed by atoms with Crippen molar-refractivity contribution < 1.29 is 14.0 Å². The number of hydrogen-bond donors (Lipinski definition) is 2. The van der Waals surface area contributed by atoms with Gasteiger partial charge in [0.05, 0.1) is 6.61 Å². The molecule has 0 rings (SSSR count). The molecule has 1 atom stereocenters. The van der Waals surface area contributed by atoms with Crippen LogP contribution in [0.15, 0.2) is 12.3 Å². The summed E-state index contributed by atoms with van der Waals surface area (Å²) in [5.41, 5.74) is 4.88. The minimum absolute atomic E-state index is 0.102. The molecular formula is C3H8NO3P. The highest BCUT2D eigenvalue weighted by atomic mass is 31.1. The van der Waals surface area contributed by atoms with E-state index >= 15 is 0 Å². The van der Waals surface area contributed by atoms with Crippen molar-refractivity contribution in [3.05, 3.63) is 12.3 Å². The maximum Gasteiger partial charge on any atom is 0.316 e. The van der Waals surface area contributed by atoms with Gasteiger partial charge in [0.2, 0.25) is 0 Å². The molecule has 1 unspecified atom stereocenters. The van der Waals surface area contributed by atoms with Crippen molar-refractivity contribution in [1.82, 2.24) is 0 Å². The molecule has 0 aliphatic heterocycles. The summed E-state index contributed by atoms with van der Waals surface area (Å²) in [5, 5.41) is 0. The molecule has 0 bridgehead atoms. The summed E-state index contributed by atoms with van der Waals surface area (Å²) in [4.78, 5) is 8.03. The van der Waals surface area contributed by atoms with Gasteiger partial charge in [-0.15, -0.1) is 0 Å². The van der Waals surface area contributed by atoms with Crippen LogP contribution in [0.5, 0.6) is 0 Å². The normalized spacial score (nSPS) is 14.6. The smallest absolute Gasteiger partial charge is 0.316 e. The fourth-order valence-electron chi connectivity index (χ4n) is 0.175. The van der Waals surface area contributed by atoms with Crippen LogP contribution in [0.1, 0.15) is 0 Å². The Balaban J connectivity index is 3.05. The van der Waals surface area contributed by atoms with Gasteiger partial charge in [-0.3, -0.25) is 4.57 Å². The van der Waals surface area contributed by atoms with Crippen LogP contribution >= 0.6 is 8.25 Å². The summed E-state index contributed by atoms with van der Waals surface area (Å²) in [6, 6.07) is 0. The molecule has 0 aliphatic rings. The van der Waals surface area contributed by atoms with Gasteiger partial charge in [-0.1, -0.05) is 0 Å². The largest absolute Gasteiger partial charge is 0.405 e. The first-order valence-electron chi connectivity index (χ1n) is 2.00. The third-order valence-corrected chi connectivity index (χ3v) is 0.853. The quantitative estimate of drug-likeness (QED) is 0.531. The standard InChI is InChI=1S/C3H8NO3P/c4-2-1-3-7-8(5)6/h1-2,8H,3-4H2,(H,5,6). The summed E-state index contributed by atoms with van der Waals surface area (Å²) >= 11 is 0. The van der Waals surface area contributed by atoms with Gasteiger partial charge in [0, 0.05) is 0 Å². The minimum atomic E-state index is -2.76. The van der Waals surface area contributed by atoms with E-state index in [1.165, 1.54) is 12.3 Å². The molecule has 8 heavy (non-hydrogen) atoms. The molecule has 0 aliphatic carbocycles. The third-order valence-electron chi connectivity index (χ3n) is 0.439. The number of rotatable bonds is 3. The highest BCUT2D eigenvalue weighted by Crippen LogP contribution is 2.12. The lowest BCUT2D eigenvalue weighted by atomic mass is 10.7. The van der Waals surface area contributed by atoms with E-state index < -0.39 is 8.25 Å². The van der Waals surface area contributed by atoms with Crippen LogP contribution < -0.4 is 5.73 Å². The monoisotopic (exact) mass is 137 g/mol. The van der Waals surface area contributed by atoms with Crippen LogP contribution in [0, 0.1) is 0 Å². The molecule has 3 N–H and O–H groups in total. The van der Waals surface area contributed by atoms with Crippen molar-refractivity contribution in [3.8, 4) is 0 Å². The SMILES string of the molecule is NC=CCO[PH](=O)O. The average molecular weight is 137 g/mol. The Bertz CT molecular complexity index is 103. The Hall–Kier alpha value is -0.310. The second-order valence-corrected chi connectivity index (χ2v) is 1.83. The van der Waals surface area contributed by atoms with Gasteiger partial charge in [-0.05, 0) is 12.3 Å². The summed E-state index contributed by atoms with van der Waals surface area (Å²) in [6.07, 6.45) is 2.70. The predicted octanol–water partition coefficient (Wildman–Crippen LogP) is -0.143. The zero-order valence-corrected chi connectivity index (χ0v) is 5.20. The van der Waals surface area contributed by atoms with Crippen LogP contribution in [0.4, 0.5) is 0 Å². The Kier molecular flexibility index (Phi) is 4.65. The molecule has 0 aromatic rings. The van der Waals surface area contributed by atoms with E-state index in [9.17, 15) is 4.57 Å². The van der Waals surface area contributed by atoms with Gasteiger partial charge < -0.3 is 15.2 Å². The van der Waals surface area contributed by atoms with Crippen molar-refractivity contribution in [2.45, 2.75) is 0 Å². The molecule has 0 radical (unpaired) electrons. The van der Waals surface area contributed by atoms with E-state index in [-0.39, 0.29) is 6.61 Å². The third kappa shape index (κ3) is 5.69. The van der Waals surface area contributed by atoms with Crippen molar-refractivity contribution >= 4 is 8.25 Å². The molecule has 0 aromatic heterocycles. The molecule has 0 spiro atoms. The van der Waals surface area contributed by atoms with Crippen molar-refractivity contribution in [2.75, 3.05) is 6.61 Å². The van der Waals surface area contributed by atoms with Crippen LogP contribution in [-0.2, 0) is 9.09 Å². The van der Waals surface area contributed by atoms with Gasteiger partial charge in [0.1, 0.15) is 0 Å². The van der Waals surface area contributed by atoms with E-state index in [1.54, 1.807) is 0 Å². The molecule has 48 valence electrons. The Morgan fingerprint density at radius 3 is 2.88 bits per heavy atom. The van der Waals surface area contributed by atoms with Crippen LogP contribution in [0.2, 0.25) is 0 Å². The van der Waals surface area contributed by atoms with Gasteiger partial charge in [-0.2, -0.15) is 0 Å². The fraction of sp³-hybridized carbons (Fsp3) is 0.333. The molecule has 0 heterocycles. The molecule has 0 amide bonds. The average Bonchev–Trinajstić information content (AvgIpc) is 1.66. The lowest BCUT2D eigenvalue weighted by Gasteiger charge is -1.89. The second-order valence-electron chi connectivity index (χ2n) is 1.01. The maximum atomic E-state index is 9.76. The predicted molar refractivity (Wildman–Crippen MR) is 30.5 cm³/mol. The first-order chi connectivity index (χ1) is 3.77. The molecule has 0 saturated carbocycles. The Morgan fingerprint density at radius 1 is 1.88 bits per heavy atom. The van der Waals surface area contributed by atoms with Crippen molar-refractivity contribution in [2.24, 2.45) is 5.73 Å². The number of nitrogens with two attached hydrogens (primary N) is 1. The number of hydrogen-bond acceptors (Lipinski definition) is 3. The minimum Gasteiger partial charge on any atom is -0.405 e. The van der Waals surface area contributed by atoms with Gasteiger partial charge in [-0.25, -0.2) is 0 Å². The molecule has 0 saturated heterocycles.